The molecule has 0 saturated carbocycles. The summed E-state index contributed by atoms with van der Waals surface area (Å²) in [7, 11) is -3.58. The molecule has 1 rings (SSSR count). The van der Waals surface area contributed by atoms with Crippen molar-refractivity contribution in [3.63, 3.8) is 0 Å². The molecule has 0 atom stereocenters. The van der Waals surface area contributed by atoms with Crippen LogP contribution in [0.4, 0.5) is 10.1 Å². The van der Waals surface area contributed by atoms with E-state index in [4.69, 9.17) is 11.6 Å². The summed E-state index contributed by atoms with van der Waals surface area (Å²) in [4.78, 5) is 12.3. The molecule has 8 heteroatoms. The molecule has 0 spiro atoms. The van der Waals surface area contributed by atoms with Crippen molar-refractivity contribution in [3.05, 3.63) is 29.0 Å². The van der Waals surface area contributed by atoms with Gasteiger partial charge in [0.1, 0.15) is 5.82 Å². The van der Waals surface area contributed by atoms with E-state index in [0.717, 1.165) is 23.0 Å². The minimum absolute atomic E-state index is 0.0751. The van der Waals surface area contributed by atoms with Crippen LogP contribution in [0.5, 0.6) is 0 Å². The summed E-state index contributed by atoms with van der Waals surface area (Å²) in [5, 5.41) is 2.85. The number of carbonyl (C=O) groups is 1. The highest BCUT2D eigenvalue weighted by atomic mass is 35.5. The lowest BCUT2D eigenvalue weighted by Gasteiger charge is -2.33. The molecular weight excluding hydrogens is 391 g/mol. The first kappa shape index (κ1) is 23.7. The first-order valence-corrected chi connectivity index (χ1v) is 11.1. The maximum Gasteiger partial charge on any atom is 0.232 e. The Morgan fingerprint density at radius 1 is 1.22 bits per heavy atom. The van der Waals surface area contributed by atoms with Crippen LogP contribution in [0.2, 0.25) is 5.02 Å². The van der Waals surface area contributed by atoms with Gasteiger partial charge in [0.15, 0.2) is 0 Å². The van der Waals surface area contributed by atoms with Gasteiger partial charge in [-0.1, -0.05) is 32.4 Å². The van der Waals surface area contributed by atoms with Crippen molar-refractivity contribution in [2.24, 2.45) is 5.41 Å². The minimum atomic E-state index is -3.58. The zero-order valence-corrected chi connectivity index (χ0v) is 18.5. The topological polar surface area (TPSA) is 66.5 Å². The predicted molar refractivity (Wildman–Crippen MR) is 109 cm³/mol. The summed E-state index contributed by atoms with van der Waals surface area (Å²) in [6.07, 6.45) is 2.40. The molecule has 154 valence electrons. The number of anilines is 1. The maximum atomic E-state index is 13.3. The van der Waals surface area contributed by atoms with Gasteiger partial charge in [0, 0.05) is 18.5 Å². The second-order valence-electron chi connectivity index (χ2n) is 8.71. The molecule has 0 bridgehead atoms. The van der Waals surface area contributed by atoms with Crippen molar-refractivity contribution in [1.82, 2.24) is 5.32 Å². The van der Waals surface area contributed by atoms with Crippen molar-refractivity contribution >= 4 is 33.2 Å². The van der Waals surface area contributed by atoms with Gasteiger partial charge >= 0.3 is 0 Å². The summed E-state index contributed by atoms with van der Waals surface area (Å²) in [5.41, 5.74) is -0.000396. The summed E-state index contributed by atoms with van der Waals surface area (Å²) >= 11 is 5.76. The Morgan fingerprint density at radius 2 is 1.81 bits per heavy atom. The van der Waals surface area contributed by atoms with E-state index in [1.165, 1.54) is 12.1 Å². The lowest BCUT2D eigenvalue weighted by molar-refractivity contribution is -0.123. The van der Waals surface area contributed by atoms with E-state index in [9.17, 15) is 17.6 Å². The van der Waals surface area contributed by atoms with E-state index in [0.29, 0.717) is 6.42 Å². The molecule has 0 aliphatic rings. The van der Waals surface area contributed by atoms with Crippen LogP contribution in [0.25, 0.3) is 0 Å². The maximum absolute atomic E-state index is 13.3. The zero-order chi connectivity index (χ0) is 21.0. The molecule has 0 heterocycles. The lowest BCUT2D eigenvalue weighted by atomic mass is 9.82. The van der Waals surface area contributed by atoms with Crippen molar-refractivity contribution in [2.75, 3.05) is 17.1 Å². The monoisotopic (exact) mass is 420 g/mol. The van der Waals surface area contributed by atoms with Gasteiger partial charge in [-0.2, -0.15) is 0 Å². The summed E-state index contributed by atoms with van der Waals surface area (Å²) in [5.74, 6) is -0.746. The van der Waals surface area contributed by atoms with Gasteiger partial charge in [0.2, 0.25) is 15.9 Å². The first-order chi connectivity index (χ1) is 12.1. The number of sulfonamides is 1. The van der Waals surface area contributed by atoms with Crippen molar-refractivity contribution in [1.29, 1.82) is 0 Å². The number of hydrogen-bond donors (Lipinski definition) is 1. The van der Waals surface area contributed by atoms with E-state index in [1.54, 1.807) is 0 Å². The normalized spacial score (nSPS) is 12.7. The molecule has 0 fully saturated rings. The Bertz CT molecular complexity index is 774. The molecule has 0 aliphatic carbocycles. The number of nitrogens with one attached hydrogen (secondary N) is 1. The highest BCUT2D eigenvalue weighted by Gasteiger charge is 2.27. The molecule has 5 nitrogen and oxygen atoms in total. The molecule has 0 aliphatic heterocycles. The molecular formula is C19H30ClFN2O3S. The van der Waals surface area contributed by atoms with Gasteiger partial charge < -0.3 is 5.32 Å². The van der Waals surface area contributed by atoms with Gasteiger partial charge in [-0.25, -0.2) is 12.8 Å². The van der Waals surface area contributed by atoms with Crippen LogP contribution in [0.1, 0.15) is 53.9 Å². The molecule has 1 N–H and O–H groups in total. The van der Waals surface area contributed by atoms with Crippen molar-refractivity contribution in [3.8, 4) is 0 Å². The second kappa shape index (κ2) is 8.78. The fraction of sp³-hybridized carbons (Fsp3) is 0.632. The number of carbonyl (C=O) groups excluding carboxylic acids is 1. The van der Waals surface area contributed by atoms with E-state index in [2.05, 4.69) is 26.1 Å². The van der Waals surface area contributed by atoms with Gasteiger partial charge in [-0.15, -0.1) is 0 Å². The molecule has 0 radical (unpaired) electrons. The van der Waals surface area contributed by atoms with E-state index >= 15 is 0 Å². The number of halogens is 2. The molecule has 1 aromatic rings. The minimum Gasteiger partial charge on any atom is -0.351 e. The van der Waals surface area contributed by atoms with Crippen LogP contribution in [-0.2, 0) is 14.8 Å². The van der Waals surface area contributed by atoms with E-state index in [1.807, 2.05) is 13.8 Å². The van der Waals surface area contributed by atoms with Crippen LogP contribution in [0.15, 0.2) is 18.2 Å². The van der Waals surface area contributed by atoms with Gasteiger partial charge in [0.25, 0.3) is 0 Å². The Morgan fingerprint density at radius 3 is 2.30 bits per heavy atom. The van der Waals surface area contributed by atoms with Crippen molar-refractivity contribution < 1.29 is 17.6 Å². The first-order valence-electron chi connectivity index (χ1n) is 8.84. The van der Waals surface area contributed by atoms with Crippen LogP contribution in [0.3, 0.4) is 0 Å². The quantitative estimate of drug-likeness (QED) is 0.679. The fourth-order valence-electron chi connectivity index (χ4n) is 3.32. The number of rotatable bonds is 8. The Balaban J connectivity index is 2.72. The average molecular weight is 421 g/mol. The molecule has 1 aromatic carbocycles. The fourth-order valence-corrected chi connectivity index (χ4v) is 4.45. The number of amides is 1. The van der Waals surface area contributed by atoms with Crippen LogP contribution in [-0.4, -0.2) is 32.7 Å². The number of nitrogens with zero attached hydrogens (tertiary/aromatic N) is 1. The van der Waals surface area contributed by atoms with Crippen LogP contribution < -0.4 is 9.62 Å². The SMILES string of the molecule is CC(C)(C)CC(C)(C)NC(=O)CCCN(c1ccc(F)c(Cl)c1)S(C)(=O)=O. The third kappa shape index (κ3) is 8.47. The van der Waals surface area contributed by atoms with Gasteiger partial charge in [0.05, 0.1) is 17.0 Å². The smallest absolute Gasteiger partial charge is 0.232 e. The Labute approximate surface area is 167 Å². The molecule has 0 saturated heterocycles. The summed E-state index contributed by atoms with van der Waals surface area (Å²) < 4.78 is 38.6. The summed E-state index contributed by atoms with van der Waals surface area (Å²) in [6.45, 7) is 10.4. The predicted octanol–water partition coefficient (Wildman–Crippen LogP) is 4.36. The zero-order valence-electron chi connectivity index (χ0n) is 16.9. The highest BCUT2D eigenvalue weighted by molar-refractivity contribution is 7.92. The third-order valence-electron chi connectivity index (χ3n) is 3.81. The summed E-state index contributed by atoms with van der Waals surface area (Å²) in [6, 6.07) is 3.75. The average Bonchev–Trinajstić information content (AvgIpc) is 2.42. The van der Waals surface area contributed by atoms with Gasteiger partial charge in [-0.3, -0.25) is 9.10 Å². The van der Waals surface area contributed by atoms with Crippen molar-refractivity contribution in [2.45, 2.75) is 59.4 Å². The Kier molecular flexibility index (Phi) is 7.70. The number of hydrogen-bond acceptors (Lipinski definition) is 3. The largest absolute Gasteiger partial charge is 0.351 e. The molecule has 1 amide bonds. The van der Waals surface area contributed by atoms with Crippen LogP contribution >= 0.6 is 11.6 Å². The molecule has 0 aromatic heterocycles. The number of benzene rings is 1. The standard InChI is InChI=1S/C19H30ClFN2O3S/c1-18(2,3)13-19(4,5)22-17(24)8-7-11-23(27(6,25)26)14-9-10-16(21)15(20)12-14/h9-10,12H,7-8,11,13H2,1-6H3,(H,22,24). The molecule has 0 unspecified atom stereocenters. The third-order valence-corrected chi connectivity index (χ3v) is 5.29. The molecule has 27 heavy (non-hydrogen) atoms. The van der Waals surface area contributed by atoms with Crippen LogP contribution in [0, 0.1) is 11.2 Å². The van der Waals surface area contributed by atoms with E-state index in [-0.39, 0.29) is 40.5 Å². The van der Waals surface area contributed by atoms with E-state index < -0.39 is 15.8 Å². The second-order valence-corrected chi connectivity index (χ2v) is 11.0. The highest BCUT2D eigenvalue weighted by Crippen LogP contribution is 2.27. The lowest BCUT2D eigenvalue weighted by Crippen LogP contribution is -2.46. The Hall–Kier alpha value is -1.34. The van der Waals surface area contributed by atoms with Gasteiger partial charge in [-0.05, 0) is 50.3 Å².